The van der Waals surface area contributed by atoms with Gasteiger partial charge in [-0.05, 0) is 26.0 Å². The lowest BCUT2D eigenvalue weighted by Gasteiger charge is -2.22. The summed E-state index contributed by atoms with van der Waals surface area (Å²) in [5.41, 5.74) is 2.13. The number of benzene rings is 1. The number of aromatic nitrogens is 5. The van der Waals surface area contributed by atoms with Crippen molar-refractivity contribution >= 4 is 16.9 Å². The Labute approximate surface area is 144 Å². The molecule has 1 amide bonds. The molecule has 0 saturated carbocycles. The number of carbonyl (C=O) groups is 1. The Morgan fingerprint density at radius 3 is 2.84 bits per heavy atom. The van der Waals surface area contributed by atoms with Crippen LogP contribution in [0, 0.1) is 13.8 Å². The SMILES string of the molecule is CO[C@@H]1C[C@@H](c2n[nH]c(C)n2)N(C(=O)c2cccc3[nH]c(C)nc23)C1. The number of hydrogen-bond acceptors (Lipinski definition) is 5. The number of rotatable bonds is 3. The molecule has 1 saturated heterocycles. The van der Waals surface area contributed by atoms with Crippen LogP contribution in [0.25, 0.3) is 11.0 Å². The van der Waals surface area contributed by atoms with Gasteiger partial charge in [0.15, 0.2) is 5.82 Å². The van der Waals surface area contributed by atoms with E-state index in [-0.39, 0.29) is 18.1 Å². The highest BCUT2D eigenvalue weighted by molar-refractivity contribution is 6.05. The van der Waals surface area contributed by atoms with Gasteiger partial charge < -0.3 is 14.6 Å². The van der Waals surface area contributed by atoms with Gasteiger partial charge in [0.1, 0.15) is 17.2 Å². The van der Waals surface area contributed by atoms with Gasteiger partial charge in [0.05, 0.1) is 23.2 Å². The molecule has 1 aliphatic rings. The molecule has 0 aliphatic carbocycles. The van der Waals surface area contributed by atoms with Crippen LogP contribution in [0.4, 0.5) is 0 Å². The van der Waals surface area contributed by atoms with Crippen molar-refractivity contribution in [3.8, 4) is 0 Å². The molecule has 2 aromatic heterocycles. The fraction of sp³-hybridized carbons (Fsp3) is 0.412. The zero-order chi connectivity index (χ0) is 17.6. The molecule has 8 nitrogen and oxygen atoms in total. The first-order valence-electron chi connectivity index (χ1n) is 8.25. The van der Waals surface area contributed by atoms with Crippen LogP contribution >= 0.6 is 0 Å². The maximum Gasteiger partial charge on any atom is 0.256 e. The molecule has 3 aromatic rings. The summed E-state index contributed by atoms with van der Waals surface area (Å²) in [5, 5.41) is 7.11. The van der Waals surface area contributed by atoms with Gasteiger partial charge in [0.2, 0.25) is 0 Å². The quantitative estimate of drug-likeness (QED) is 0.758. The van der Waals surface area contributed by atoms with Crippen molar-refractivity contribution in [2.75, 3.05) is 13.7 Å². The van der Waals surface area contributed by atoms with Crippen molar-refractivity contribution in [1.82, 2.24) is 30.0 Å². The van der Waals surface area contributed by atoms with E-state index >= 15 is 0 Å². The van der Waals surface area contributed by atoms with Gasteiger partial charge in [-0.3, -0.25) is 9.89 Å². The molecule has 130 valence electrons. The molecule has 25 heavy (non-hydrogen) atoms. The smallest absolute Gasteiger partial charge is 0.256 e. The predicted octanol–water partition coefficient (Wildman–Crippen LogP) is 1.90. The molecule has 0 bridgehead atoms. The molecule has 0 unspecified atom stereocenters. The van der Waals surface area contributed by atoms with E-state index in [9.17, 15) is 4.79 Å². The van der Waals surface area contributed by atoms with Gasteiger partial charge in [0.25, 0.3) is 5.91 Å². The van der Waals surface area contributed by atoms with Gasteiger partial charge >= 0.3 is 0 Å². The highest BCUT2D eigenvalue weighted by Gasteiger charge is 2.39. The fourth-order valence-corrected chi connectivity index (χ4v) is 3.43. The number of aromatic amines is 2. The molecule has 2 atom stereocenters. The number of nitrogens with one attached hydrogen (secondary N) is 2. The summed E-state index contributed by atoms with van der Waals surface area (Å²) in [6, 6.07) is 5.39. The summed E-state index contributed by atoms with van der Waals surface area (Å²) < 4.78 is 5.50. The number of fused-ring (bicyclic) bond motifs is 1. The maximum atomic E-state index is 13.3. The van der Waals surface area contributed by atoms with Gasteiger partial charge in [-0.1, -0.05) is 6.07 Å². The average molecular weight is 340 g/mol. The van der Waals surface area contributed by atoms with Crippen LogP contribution in [0.3, 0.4) is 0 Å². The van der Waals surface area contributed by atoms with E-state index in [2.05, 4.69) is 25.1 Å². The van der Waals surface area contributed by atoms with E-state index < -0.39 is 0 Å². The van der Waals surface area contributed by atoms with Crippen molar-refractivity contribution in [2.24, 2.45) is 0 Å². The Kier molecular flexibility index (Phi) is 3.76. The lowest BCUT2D eigenvalue weighted by Crippen LogP contribution is -2.32. The third-order valence-electron chi connectivity index (χ3n) is 4.63. The first-order chi connectivity index (χ1) is 12.1. The van der Waals surface area contributed by atoms with Gasteiger partial charge in [-0.25, -0.2) is 9.97 Å². The summed E-state index contributed by atoms with van der Waals surface area (Å²) in [6.07, 6.45) is 0.641. The Hall–Kier alpha value is -2.74. The van der Waals surface area contributed by atoms with Crippen LogP contribution in [0.15, 0.2) is 18.2 Å². The average Bonchev–Trinajstić information content (AvgIpc) is 3.29. The number of hydrogen-bond donors (Lipinski definition) is 2. The number of aryl methyl sites for hydroxylation is 2. The molecule has 1 aromatic carbocycles. The largest absolute Gasteiger partial charge is 0.380 e. The summed E-state index contributed by atoms with van der Waals surface area (Å²) in [7, 11) is 1.66. The fourth-order valence-electron chi connectivity index (χ4n) is 3.43. The van der Waals surface area contributed by atoms with Gasteiger partial charge in [-0.15, -0.1) is 0 Å². The Morgan fingerprint density at radius 2 is 2.12 bits per heavy atom. The lowest BCUT2D eigenvalue weighted by molar-refractivity contribution is 0.0686. The van der Waals surface area contributed by atoms with Gasteiger partial charge in [0, 0.05) is 20.1 Å². The highest BCUT2D eigenvalue weighted by Crippen LogP contribution is 2.33. The molecule has 0 spiro atoms. The third kappa shape index (κ3) is 2.68. The monoisotopic (exact) mass is 340 g/mol. The van der Waals surface area contributed by atoms with E-state index in [0.29, 0.717) is 29.9 Å². The minimum atomic E-state index is -0.210. The molecule has 0 radical (unpaired) electrons. The number of amides is 1. The van der Waals surface area contributed by atoms with Crippen molar-refractivity contribution in [3.63, 3.8) is 0 Å². The normalized spacial score (nSPS) is 20.5. The molecular formula is C17H20N6O2. The number of imidazole rings is 1. The zero-order valence-corrected chi connectivity index (χ0v) is 14.4. The highest BCUT2D eigenvalue weighted by atomic mass is 16.5. The molecule has 1 aliphatic heterocycles. The van der Waals surface area contributed by atoms with Crippen LogP contribution in [-0.2, 0) is 4.74 Å². The molecule has 1 fully saturated rings. The third-order valence-corrected chi connectivity index (χ3v) is 4.63. The lowest BCUT2D eigenvalue weighted by atomic mass is 10.1. The van der Waals surface area contributed by atoms with E-state index in [1.54, 1.807) is 12.0 Å². The van der Waals surface area contributed by atoms with Crippen LogP contribution in [0.1, 0.15) is 40.3 Å². The topological polar surface area (TPSA) is 99.8 Å². The van der Waals surface area contributed by atoms with Crippen molar-refractivity contribution < 1.29 is 9.53 Å². The summed E-state index contributed by atoms with van der Waals surface area (Å²) in [5.74, 6) is 2.06. The Balaban J connectivity index is 1.73. The van der Waals surface area contributed by atoms with E-state index in [1.165, 1.54) is 0 Å². The van der Waals surface area contributed by atoms with Crippen LogP contribution in [-0.4, -0.2) is 55.7 Å². The van der Waals surface area contributed by atoms with Crippen LogP contribution in [0.5, 0.6) is 0 Å². The number of H-pyrrole nitrogens is 2. The first-order valence-corrected chi connectivity index (χ1v) is 8.25. The second kappa shape index (κ2) is 5.96. The standard InChI is InChI=1S/C17H20N6O2/c1-9-18-13-6-4-5-12(15(13)19-9)17(24)23-8-11(25-3)7-14(23)16-20-10(2)21-22-16/h4-6,11,14H,7-8H2,1-3H3,(H,18,19)(H,20,21,22)/t11-,14+/m1/s1. The maximum absolute atomic E-state index is 13.3. The molecular weight excluding hydrogens is 320 g/mol. The van der Waals surface area contributed by atoms with Crippen molar-refractivity contribution in [1.29, 1.82) is 0 Å². The van der Waals surface area contributed by atoms with Crippen LogP contribution in [0.2, 0.25) is 0 Å². The summed E-state index contributed by atoms with van der Waals surface area (Å²) in [6.45, 7) is 4.23. The minimum Gasteiger partial charge on any atom is -0.380 e. The van der Waals surface area contributed by atoms with E-state index in [0.717, 1.165) is 17.2 Å². The molecule has 4 rings (SSSR count). The Morgan fingerprint density at radius 1 is 1.28 bits per heavy atom. The first kappa shape index (κ1) is 15.8. The number of nitrogens with zero attached hydrogens (tertiary/aromatic N) is 4. The second-order valence-corrected chi connectivity index (χ2v) is 6.37. The summed E-state index contributed by atoms with van der Waals surface area (Å²) >= 11 is 0. The molecule has 3 heterocycles. The zero-order valence-electron chi connectivity index (χ0n) is 14.4. The molecule has 8 heteroatoms. The van der Waals surface area contributed by atoms with Gasteiger partial charge in [-0.2, -0.15) is 5.10 Å². The van der Waals surface area contributed by atoms with E-state index in [4.69, 9.17) is 4.74 Å². The predicted molar refractivity (Wildman–Crippen MR) is 91.1 cm³/mol. The van der Waals surface area contributed by atoms with Crippen molar-refractivity contribution in [3.05, 3.63) is 41.2 Å². The second-order valence-electron chi connectivity index (χ2n) is 6.37. The van der Waals surface area contributed by atoms with E-state index in [1.807, 2.05) is 32.0 Å². The molecule has 2 N–H and O–H groups in total. The number of likely N-dealkylation sites (tertiary alicyclic amines) is 1. The number of para-hydroxylation sites is 1. The number of methoxy groups -OCH3 is 1. The van der Waals surface area contributed by atoms with Crippen molar-refractivity contribution in [2.45, 2.75) is 32.4 Å². The van der Waals surface area contributed by atoms with Crippen LogP contribution < -0.4 is 0 Å². The summed E-state index contributed by atoms with van der Waals surface area (Å²) in [4.78, 5) is 27.1. The number of ether oxygens (including phenoxy) is 1. The Bertz CT molecular complexity index is 930. The minimum absolute atomic E-state index is 0.0344. The number of carbonyl (C=O) groups excluding carboxylic acids is 1.